The van der Waals surface area contributed by atoms with Crippen molar-refractivity contribution in [3.05, 3.63) is 0 Å². The van der Waals surface area contributed by atoms with E-state index in [-0.39, 0.29) is 18.1 Å². The Morgan fingerprint density at radius 1 is 1.46 bits per heavy atom. The van der Waals surface area contributed by atoms with Crippen LogP contribution < -0.4 is 5.32 Å². The van der Waals surface area contributed by atoms with Crippen molar-refractivity contribution in [2.45, 2.75) is 26.3 Å². The lowest BCUT2D eigenvalue weighted by atomic mass is 10.1. The largest absolute Gasteiger partial charge is 0.382 e. The Balaban J connectivity index is 3.75. The molecule has 13 heavy (non-hydrogen) atoms. The first-order chi connectivity index (χ1) is 6.02. The van der Waals surface area contributed by atoms with Crippen molar-refractivity contribution in [1.29, 1.82) is 0 Å². The molecule has 0 aromatic carbocycles. The average Bonchev–Trinajstić information content (AvgIpc) is 1.99. The van der Waals surface area contributed by atoms with E-state index in [1.54, 1.807) is 7.11 Å². The number of rotatable bonds is 6. The molecule has 0 radical (unpaired) electrons. The lowest BCUT2D eigenvalue weighted by molar-refractivity contribution is -0.127. The number of methoxy groups -OCH3 is 1. The maximum absolute atomic E-state index is 11.2. The van der Waals surface area contributed by atoms with Crippen LogP contribution in [0.4, 0.5) is 0 Å². The first-order valence-corrected chi connectivity index (χ1v) is 4.39. The van der Waals surface area contributed by atoms with Crippen LogP contribution >= 0.6 is 0 Å². The fourth-order valence-corrected chi connectivity index (χ4v) is 1.01. The number of hydrogen-bond donors (Lipinski definition) is 1. The second kappa shape index (κ2) is 5.94. The van der Waals surface area contributed by atoms with E-state index in [4.69, 9.17) is 9.47 Å². The molecule has 0 aliphatic heterocycles. The molecule has 0 aliphatic carbocycles. The van der Waals surface area contributed by atoms with Gasteiger partial charge < -0.3 is 14.8 Å². The Morgan fingerprint density at radius 3 is 2.54 bits per heavy atom. The second-order valence-corrected chi connectivity index (χ2v) is 3.50. The Morgan fingerprint density at radius 2 is 2.08 bits per heavy atom. The van der Waals surface area contributed by atoms with Crippen LogP contribution in [-0.4, -0.2) is 38.4 Å². The van der Waals surface area contributed by atoms with Gasteiger partial charge in [0.1, 0.15) is 6.61 Å². The Labute approximate surface area is 79.6 Å². The van der Waals surface area contributed by atoms with Gasteiger partial charge in [0.15, 0.2) is 0 Å². The number of hydrogen-bond acceptors (Lipinski definition) is 3. The van der Waals surface area contributed by atoms with Crippen LogP contribution in [0, 0.1) is 0 Å². The summed E-state index contributed by atoms with van der Waals surface area (Å²) in [5, 5.41) is 2.80. The normalized spacial score (nSPS) is 11.4. The van der Waals surface area contributed by atoms with Crippen molar-refractivity contribution in [1.82, 2.24) is 5.32 Å². The fourth-order valence-electron chi connectivity index (χ4n) is 1.01. The minimum Gasteiger partial charge on any atom is -0.382 e. The van der Waals surface area contributed by atoms with E-state index in [1.165, 1.54) is 0 Å². The van der Waals surface area contributed by atoms with Crippen LogP contribution in [0.15, 0.2) is 0 Å². The zero-order valence-corrected chi connectivity index (χ0v) is 8.85. The third-order valence-electron chi connectivity index (χ3n) is 1.42. The lowest BCUT2D eigenvalue weighted by Gasteiger charge is -2.25. The fraction of sp³-hybridized carbons (Fsp3) is 0.889. The van der Waals surface area contributed by atoms with Gasteiger partial charge >= 0.3 is 0 Å². The van der Waals surface area contributed by atoms with E-state index < -0.39 is 0 Å². The molecule has 4 heteroatoms. The van der Waals surface area contributed by atoms with E-state index >= 15 is 0 Å². The number of carbonyl (C=O) groups excluding carboxylic acids is 1. The maximum atomic E-state index is 11.2. The molecular weight excluding hydrogens is 170 g/mol. The summed E-state index contributed by atoms with van der Waals surface area (Å²) in [6.45, 7) is 6.82. The molecule has 1 N–H and O–H groups in total. The SMILES string of the molecule is CCOCC(=O)NC(C)(C)COC. The van der Waals surface area contributed by atoms with Crippen LogP contribution in [-0.2, 0) is 14.3 Å². The lowest BCUT2D eigenvalue weighted by Crippen LogP contribution is -2.48. The number of amides is 1. The minimum absolute atomic E-state index is 0.107. The van der Waals surface area contributed by atoms with Gasteiger partial charge in [-0.2, -0.15) is 0 Å². The molecule has 0 heterocycles. The summed E-state index contributed by atoms with van der Waals surface area (Å²) < 4.78 is 9.92. The molecule has 0 aliphatic rings. The molecule has 0 saturated carbocycles. The quantitative estimate of drug-likeness (QED) is 0.664. The molecule has 0 fully saturated rings. The summed E-state index contributed by atoms with van der Waals surface area (Å²) in [5.41, 5.74) is -0.330. The van der Waals surface area contributed by atoms with Crippen LogP contribution in [0.1, 0.15) is 20.8 Å². The van der Waals surface area contributed by atoms with Crippen LogP contribution in [0.5, 0.6) is 0 Å². The smallest absolute Gasteiger partial charge is 0.246 e. The highest BCUT2D eigenvalue weighted by atomic mass is 16.5. The summed E-state index contributed by atoms with van der Waals surface area (Å²) >= 11 is 0. The van der Waals surface area contributed by atoms with Gasteiger partial charge in [0.2, 0.25) is 5.91 Å². The molecule has 0 atom stereocenters. The predicted octanol–water partition coefficient (Wildman–Crippen LogP) is 0.564. The molecule has 0 aromatic heterocycles. The number of carbonyl (C=O) groups is 1. The van der Waals surface area contributed by atoms with E-state index in [0.29, 0.717) is 13.2 Å². The molecule has 0 saturated heterocycles. The second-order valence-electron chi connectivity index (χ2n) is 3.50. The molecule has 1 amide bonds. The molecule has 0 bridgehead atoms. The molecule has 0 rings (SSSR count). The molecule has 0 unspecified atom stereocenters. The average molecular weight is 189 g/mol. The summed E-state index contributed by atoms with van der Waals surface area (Å²) in [6.07, 6.45) is 0. The standard InChI is InChI=1S/C9H19NO3/c1-5-13-6-8(11)10-9(2,3)7-12-4/h5-7H2,1-4H3,(H,10,11). The minimum atomic E-state index is -0.330. The summed E-state index contributed by atoms with van der Waals surface area (Å²) in [6, 6.07) is 0. The van der Waals surface area contributed by atoms with E-state index in [0.717, 1.165) is 0 Å². The topological polar surface area (TPSA) is 47.6 Å². The van der Waals surface area contributed by atoms with Gasteiger partial charge in [-0.3, -0.25) is 4.79 Å². The molecule has 4 nitrogen and oxygen atoms in total. The maximum Gasteiger partial charge on any atom is 0.246 e. The first-order valence-electron chi connectivity index (χ1n) is 4.39. The Kier molecular flexibility index (Phi) is 5.66. The number of ether oxygens (including phenoxy) is 2. The third-order valence-corrected chi connectivity index (χ3v) is 1.42. The Bertz CT molecular complexity index is 157. The summed E-state index contributed by atoms with van der Waals surface area (Å²) in [5.74, 6) is -0.107. The van der Waals surface area contributed by atoms with Crippen LogP contribution in [0.25, 0.3) is 0 Å². The van der Waals surface area contributed by atoms with E-state index in [2.05, 4.69) is 5.32 Å². The molecule has 78 valence electrons. The monoisotopic (exact) mass is 189 g/mol. The van der Waals surface area contributed by atoms with Crippen molar-refractivity contribution < 1.29 is 14.3 Å². The van der Waals surface area contributed by atoms with Gasteiger partial charge in [-0.1, -0.05) is 0 Å². The zero-order valence-electron chi connectivity index (χ0n) is 8.85. The van der Waals surface area contributed by atoms with E-state index in [9.17, 15) is 4.79 Å². The number of nitrogens with one attached hydrogen (secondary N) is 1. The molecule has 0 aromatic rings. The van der Waals surface area contributed by atoms with Crippen molar-refractivity contribution in [2.75, 3.05) is 26.9 Å². The highest BCUT2D eigenvalue weighted by molar-refractivity contribution is 5.77. The third kappa shape index (κ3) is 6.54. The van der Waals surface area contributed by atoms with Crippen molar-refractivity contribution in [3.63, 3.8) is 0 Å². The molecule has 0 spiro atoms. The summed E-state index contributed by atoms with van der Waals surface area (Å²) in [7, 11) is 1.61. The molecular formula is C9H19NO3. The van der Waals surface area contributed by atoms with Crippen LogP contribution in [0.2, 0.25) is 0 Å². The van der Waals surface area contributed by atoms with Crippen molar-refractivity contribution in [2.24, 2.45) is 0 Å². The Hall–Kier alpha value is -0.610. The predicted molar refractivity (Wildman–Crippen MR) is 50.6 cm³/mol. The van der Waals surface area contributed by atoms with Gasteiger partial charge in [0, 0.05) is 13.7 Å². The van der Waals surface area contributed by atoms with Gasteiger partial charge in [-0.05, 0) is 20.8 Å². The van der Waals surface area contributed by atoms with Gasteiger partial charge in [-0.25, -0.2) is 0 Å². The van der Waals surface area contributed by atoms with Crippen molar-refractivity contribution >= 4 is 5.91 Å². The summed E-state index contributed by atoms with van der Waals surface area (Å²) in [4.78, 5) is 11.2. The highest BCUT2D eigenvalue weighted by Gasteiger charge is 2.19. The first kappa shape index (κ1) is 12.4. The van der Waals surface area contributed by atoms with Crippen molar-refractivity contribution in [3.8, 4) is 0 Å². The van der Waals surface area contributed by atoms with Gasteiger partial charge in [0.25, 0.3) is 0 Å². The highest BCUT2D eigenvalue weighted by Crippen LogP contribution is 2.01. The zero-order chi connectivity index (χ0) is 10.3. The van der Waals surface area contributed by atoms with Gasteiger partial charge in [0.05, 0.1) is 12.1 Å². The van der Waals surface area contributed by atoms with Gasteiger partial charge in [-0.15, -0.1) is 0 Å². The van der Waals surface area contributed by atoms with Crippen LogP contribution in [0.3, 0.4) is 0 Å². The van der Waals surface area contributed by atoms with E-state index in [1.807, 2.05) is 20.8 Å².